The molecule has 2 aromatic heterocycles. The van der Waals surface area contributed by atoms with Crippen LogP contribution in [0.25, 0.3) is 10.2 Å². The molecule has 1 amide bonds. The molecule has 7 nitrogen and oxygen atoms in total. The Kier molecular flexibility index (Phi) is 5.67. The van der Waals surface area contributed by atoms with E-state index in [1.807, 2.05) is 24.3 Å². The first-order valence-corrected chi connectivity index (χ1v) is 10.8. The number of carbonyl (C=O) groups is 1. The van der Waals surface area contributed by atoms with Gasteiger partial charge in [-0.1, -0.05) is 6.92 Å². The van der Waals surface area contributed by atoms with E-state index >= 15 is 0 Å². The number of aryl methyl sites for hydroxylation is 1. The molecular weight excluding hydrogens is 400 g/mol. The summed E-state index contributed by atoms with van der Waals surface area (Å²) in [5.74, 6) is 0.999. The summed E-state index contributed by atoms with van der Waals surface area (Å²) in [7, 11) is 1.60. The van der Waals surface area contributed by atoms with Crippen LogP contribution in [0.4, 0.5) is 0 Å². The number of hydrazone groups is 1. The predicted octanol–water partition coefficient (Wildman–Crippen LogP) is 3.30. The van der Waals surface area contributed by atoms with E-state index in [0.717, 1.165) is 41.0 Å². The molecule has 0 fully saturated rings. The molecule has 0 unspecified atom stereocenters. The zero-order valence-corrected chi connectivity index (χ0v) is 18.0. The van der Waals surface area contributed by atoms with Crippen LogP contribution in [0.3, 0.4) is 0 Å². The molecule has 30 heavy (non-hydrogen) atoms. The lowest BCUT2D eigenvalue weighted by molar-refractivity contribution is -0.123. The number of aromatic nitrogens is 2. The van der Waals surface area contributed by atoms with Crippen molar-refractivity contribution in [3.8, 4) is 5.75 Å². The molecule has 1 aromatic carbocycles. The number of fused-ring (bicyclic) bond motifs is 3. The van der Waals surface area contributed by atoms with E-state index in [-0.39, 0.29) is 11.5 Å². The fourth-order valence-corrected chi connectivity index (χ4v) is 5.04. The average Bonchev–Trinajstić information content (AvgIpc) is 3.12. The minimum Gasteiger partial charge on any atom is -0.497 e. The van der Waals surface area contributed by atoms with Crippen molar-refractivity contribution in [1.29, 1.82) is 0 Å². The summed E-state index contributed by atoms with van der Waals surface area (Å²) in [5.41, 5.74) is 4.29. The van der Waals surface area contributed by atoms with Gasteiger partial charge in [0.25, 0.3) is 11.5 Å². The Morgan fingerprint density at radius 3 is 2.90 bits per heavy atom. The molecule has 2 heterocycles. The molecule has 156 valence electrons. The molecular formula is C22H24N4O3S. The Morgan fingerprint density at radius 1 is 1.40 bits per heavy atom. The monoisotopic (exact) mass is 424 g/mol. The summed E-state index contributed by atoms with van der Waals surface area (Å²) in [6.45, 7) is 3.91. The van der Waals surface area contributed by atoms with Crippen LogP contribution in [0.5, 0.6) is 5.75 Å². The van der Waals surface area contributed by atoms with Gasteiger partial charge in [0, 0.05) is 4.88 Å². The normalized spacial score (nSPS) is 17.1. The van der Waals surface area contributed by atoms with Gasteiger partial charge < -0.3 is 4.74 Å². The van der Waals surface area contributed by atoms with Gasteiger partial charge in [0.15, 0.2) is 0 Å². The molecule has 2 atom stereocenters. The second-order valence-electron chi connectivity index (χ2n) is 7.67. The summed E-state index contributed by atoms with van der Waals surface area (Å²) in [6.07, 6.45) is 5.97. The molecule has 0 aliphatic heterocycles. The largest absolute Gasteiger partial charge is 0.497 e. The Balaban J connectivity index is 1.52. The number of thiophene rings is 1. The Labute approximate surface area is 178 Å². The lowest BCUT2D eigenvalue weighted by Crippen LogP contribution is -2.34. The molecule has 1 aliphatic carbocycles. The van der Waals surface area contributed by atoms with Crippen LogP contribution in [0.2, 0.25) is 0 Å². The SMILES string of the molecule is COc1ccc(/C=N\NC(=O)[C@@H](C)n2cnc3sc4c(c3c2=O)CC[C@H](C)C4)cc1. The van der Waals surface area contributed by atoms with E-state index in [2.05, 4.69) is 22.4 Å². The molecule has 8 heteroatoms. The lowest BCUT2D eigenvalue weighted by atomic mass is 9.89. The highest BCUT2D eigenvalue weighted by atomic mass is 32.1. The Bertz CT molecular complexity index is 1160. The van der Waals surface area contributed by atoms with Crippen LogP contribution < -0.4 is 15.7 Å². The first-order valence-electron chi connectivity index (χ1n) is 9.96. The van der Waals surface area contributed by atoms with Crippen LogP contribution in [0.15, 0.2) is 40.5 Å². The van der Waals surface area contributed by atoms with Gasteiger partial charge in [-0.3, -0.25) is 14.2 Å². The number of nitrogens with one attached hydrogen (secondary N) is 1. The van der Waals surface area contributed by atoms with Crippen molar-refractivity contribution < 1.29 is 9.53 Å². The van der Waals surface area contributed by atoms with Crippen LogP contribution in [-0.4, -0.2) is 28.8 Å². The fraction of sp³-hybridized carbons (Fsp3) is 0.364. The van der Waals surface area contributed by atoms with Gasteiger partial charge in [0.1, 0.15) is 16.6 Å². The second kappa shape index (κ2) is 8.39. The fourth-order valence-electron chi connectivity index (χ4n) is 3.70. The van der Waals surface area contributed by atoms with Gasteiger partial charge in [-0.05, 0) is 67.5 Å². The van der Waals surface area contributed by atoms with Crippen LogP contribution >= 0.6 is 11.3 Å². The number of carbonyl (C=O) groups excluding carboxylic acids is 1. The van der Waals surface area contributed by atoms with Crippen LogP contribution in [0.1, 0.15) is 42.3 Å². The van der Waals surface area contributed by atoms with Gasteiger partial charge in [0.05, 0.1) is 25.0 Å². The molecule has 1 aliphatic rings. The molecule has 0 saturated heterocycles. The summed E-state index contributed by atoms with van der Waals surface area (Å²) in [5, 5.41) is 4.68. The molecule has 0 spiro atoms. The molecule has 0 bridgehead atoms. The number of methoxy groups -OCH3 is 1. The van der Waals surface area contributed by atoms with Gasteiger partial charge in [-0.15, -0.1) is 11.3 Å². The third kappa shape index (κ3) is 3.87. The van der Waals surface area contributed by atoms with Crippen molar-refractivity contribution in [2.75, 3.05) is 7.11 Å². The zero-order valence-electron chi connectivity index (χ0n) is 17.2. The summed E-state index contributed by atoms with van der Waals surface area (Å²) >= 11 is 1.60. The first kappa shape index (κ1) is 20.3. The summed E-state index contributed by atoms with van der Waals surface area (Å²) in [4.78, 5) is 32.2. The Morgan fingerprint density at radius 2 is 2.17 bits per heavy atom. The zero-order chi connectivity index (χ0) is 21.3. The molecule has 4 rings (SSSR count). The lowest BCUT2D eigenvalue weighted by Gasteiger charge is -2.18. The first-order chi connectivity index (χ1) is 14.5. The number of nitrogens with zero attached hydrogens (tertiary/aromatic N) is 3. The minimum absolute atomic E-state index is 0.158. The molecule has 1 N–H and O–H groups in total. The third-order valence-electron chi connectivity index (χ3n) is 5.54. The van der Waals surface area contributed by atoms with E-state index in [1.165, 1.54) is 15.8 Å². The van der Waals surface area contributed by atoms with E-state index in [0.29, 0.717) is 11.3 Å². The third-order valence-corrected chi connectivity index (χ3v) is 6.70. The van der Waals surface area contributed by atoms with Crippen molar-refractivity contribution in [2.24, 2.45) is 11.0 Å². The topological polar surface area (TPSA) is 85.6 Å². The molecule has 3 aromatic rings. The highest BCUT2D eigenvalue weighted by Gasteiger charge is 2.25. The van der Waals surface area contributed by atoms with Crippen molar-refractivity contribution in [3.63, 3.8) is 0 Å². The number of benzene rings is 1. The highest BCUT2D eigenvalue weighted by molar-refractivity contribution is 7.18. The number of hydrogen-bond acceptors (Lipinski definition) is 6. The second-order valence-corrected chi connectivity index (χ2v) is 8.76. The summed E-state index contributed by atoms with van der Waals surface area (Å²) in [6, 6.07) is 6.57. The van der Waals surface area contributed by atoms with Gasteiger partial charge >= 0.3 is 0 Å². The van der Waals surface area contributed by atoms with Crippen LogP contribution in [0, 0.1) is 5.92 Å². The quantitative estimate of drug-likeness (QED) is 0.503. The van der Waals surface area contributed by atoms with E-state index in [9.17, 15) is 9.59 Å². The number of rotatable bonds is 5. The van der Waals surface area contributed by atoms with Crippen molar-refractivity contribution in [3.05, 3.63) is 57.0 Å². The van der Waals surface area contributed by atoms with E-state index in [4.69, 9.17) is 4.74 Å². The maximum atomic E-state index is 13.1. The highest BCUT2D eigenvalue weighted by Crippen LogP contribution is 2.35. The molecule has 0 saturated carbocycles. The molecule has 0 radical (unpaired) electrons. The van der Waals surface area contributed by atoms with Gasteiger partial charge in [-0.2, -0.15) is 5.10 Å². The van der Waals surface area contributed by atoms with Crippen LogP contribution in [-0.2, 0) is 17.6 Å². The Hall–Kier alpha value is -3.00. The predicted molar refractivity (Wildman–Crippen MR) is 119 cm³/mol. The number of amides is 1. The van der Waals surface area contributed by atoms with Crippen molar-refractivity contribution >= 4 is 33.7 Å². The van der Waals surface area contributed by atoms with Gasteiger partial charge in [0.2, 0.25) is 0 Å². The van der Waals surface area contributed by atoms with Crippen molar-refractivity contribution in [1.82, 2.24) is 15.0 Å². The maximum Gasteiger partial charge on any atom is 0.263 e. The average molecular weight is 425 g/mol. The van der Waals surface area contributed by atoms with Crippen molar-refractivity contribution in [2.45, 2.75) is 39.2 Å². The number of hydrogen-bond donors (Lipinski definition) is 1. The minimum atomic E-state index is -0.722. The van der Waals surface area contributed by atoms with E-state index in [1.54, 1.807) is 31.6 Å². The number of ether oxygens (including phenoxy) is 1. The summed E-state index contributed by atoms with van der Waals surface area (Å²) < 4.78 is 6.51. The standard InChI is InChI=1S/C22H24N4O3S/c1-13-4-9-17-18(10-13)30-21-19(17)22(28)26(12-23-21)14(2)20(27)25-24-11-15-5-7-16(29-3)8-6-15/h5-8,11-14H,4,9-10H2,1-3H3,(H,25,27)/b24-11-/t13-,14+/m0/s1. The smallest absolute Gasteiger partial charge is 0.263 e. The van der Waals surface area contributed by atoms with Gasteiger partial charge in [-0.25, -0.2) is 10.4 Å². The maximum absolute atomic E-state index is 13.1. The van der Waals surface area contributed by atoms with E-state index < -0.39 is 6.04 Å².